The normalized spacial score (nSPS) is 22.2. The smallest absolute Gasteiger partial charge is 0.220 e. The molecule has 6 nitrogen and oxygen atoms in total. The second-order valence-electron chi connectivity index (χ2n) is 7.67. The van der Waals surface area contributed by atoms with E-state index in [1.807, 2.05) is 0 Å². The fraction of sp³-hybridized carbons (Fsp3) is 0.579. The van der Waals surface area contributed by atoms with Crippen LogP contribution in [0.1, 0.15) is 51.4 Å². The Morgan fingerprint density at radius 1 is 1.07 bits per heavy atom. The second kappa shape index (κ2) is 6.98. The molecule has 0 amide bonds. The van der Waals surface area contributed by atoms with Crippen molar-refractivity contribution >= 4 is 17.6 Å². The van der Waals surface area contributed by atoms with Crippen LogP contribution in [0.2, 0.25) is 0 Å². The van der Waals surface area contributed by atoms with Gasteiger partial charge < -0.3 is 16.2 Å². The summed E-state index contributed by atoms with van der Waals surface area (Å²) in [6, 6.07) is 2.49. The second-order valence-corrected chi connectivity index (χ2v) is 7.67. The topological polar surface area (TPSA) is 89.2 Å². The van der Waals surface area contributed by atoms with Gasteiger partial charge in [0, 0.05) is 12.1 Å². The van der Waals surface area contributed by atoms with Gasteiger partial charge in [0.1, 0.15) is 5.66 Å². The van der Waals surface area contributed by atoms with Crippen molar-refractivity contribution in [1.82, 2.24) is 0 Å². The number of nitrogens with zero attached hydrogens (tertiary/aromatic N) is 3. The molecule has 1 spiro atoms. The lowest BCUT2D eigenvalue weighted by molar-refractivity contribution is 0.170. The number of hydrogen-bond donors (Lipinski definition) is 2. The van der Waals surface area contributed by atoms with Crippen LogP contribution in [0.5, 0.6) is 5.75 Å². The van der Waals surface area contributed by atoms with Gasteiger partial charge in [-0.25, -0.2) is 13.8 Å². The average Bonchev–Trinajstić information content (AvgIpc) is 2.55. The lowest BCUT2D eigenvalue weighted by atomic mass is 9.86. The molecule has 8 heteroatoms. The summed E-state index contributed by atoms with van der Waals surface area (Å²) in [5.74, 6) is -1.23. The van der Waals surface area contributed by atoms with Gasteiger partial charge in [0.2, 0.25) is 11.9 Å². The number of benzene rings is 1. The number of rotatable bonds is 4. The van der Waals surface area contributed by atoms with Gasteiger partial charge in [-0.05, 0) is 44.4 Å². The van der Waals surface area contributed by atoms with Crippen molar-refractivity contribution in [2.24, 2.45) is 27.4 Å². The van der Waals surface area contributed by atoms with E-state index in [0.717, 1.165) is 38.5 Å². The summed E-state index contributed by atoms with van der Waals surface area (Å²) in [5, 5.41) is 0. The van der Waals surface area contributed by atoms with E-state index in [2.05, 4.69) is 9.98 Å². The minimum atomic E-state index is -0.745. The highest BCUT2D eigenvalue weighted by molar-refractivity contribution is 6.05. The molecule has 0 aromatic heterocycles. The number of aliphatic imine (C=N–C) groups is 2. The molecule has 0 atom stereocenters. The molecular formula is C19H25F2N5O. The molecule has 0 radical (unpaired) electrons. The molecule has 1 aliphatic heterocycles. The van der Waals surface area contributed by atoms with Crippen molar-refractivity contribution in [3.8, 4) is 5.75 Å². The fourth-order valence-electron chi connectivity index (χ4n) is 4.17. The van der Waals surface area contributed by atoms with Gasteiger partial charge in [-0.15, -0.1) is 0 Å². The summed E-state index contributed by atoms with van der Waals surface area (Å²) < 4.78 is 34.7. The van der Waals surface area contributed by atoms with Gasteiger partial charge in [-0.1, -0.05) is 12.8 Å². The van der Waals surface area contributed by atoms with Crippen LogP contribution in [0.25, 0.3) is 0 Å². The number of ether oxygens (including phenoxy) is 1. The molecule has 4 rings (SSSR count). The number of halogens is 2. The third kappa shape index (κ3) is 3.33. The van der Waals surface area contributed by atoms with E-state index in [1.54, 1.807) is 4.90 Å². The van der Waals surface area contributed by atoms with Gasteiger partial charge in [-0.3, -0.25) is 4.90 Å². The molecule has 2 fully saturated rings. The van der Waals surface area contributed by atoms with Crippen LogP contribution in [-0.4, -0.2) is 24.2 Å². The number of nitrogens with two attached hydrogens (primary N) is 2. The summed E-state index contributed by atoms with van der Waals surface area (Å²) in [4.78, 5) is 10.2. The summed E-state index contributed by atoms with van der Waals surface area (Å²) in [6.07, 6.45) is 7.60. The van der Waals surface area contributed by atoms with Crippen molar-refractivity contribution < 1.29 is 13.5 Å². The standard InChI is InChI=1S/C19H25F2N5O/c20-14-9-13(10-15(21)16(14)27-11-12-5-4-6-12)26-18(23)24-17(22)25-19(26)7-2-1-3-8-19/h9-10,12H,1-8,11H2,(H4,22,23,24,25). The highest BCUT2D eigenvalue weighted by Gasteiger charge is 2.43. The Morgan fingerprint density at radius 2 is 1.74 bits per heavy atom. The van der Waals surface area contributed by atoms with Crippen LogP contribution in [0, 0.1) is 17.6 Å². The monoisotopic (exact) mass is 377 g/mol. The van der Waals surface area contributed by atoms with Crippen LogP contribution < -0.4 is 21.1 Å². The molecule has 4 N–H and O–H groups in total. The van der Waals surface area contributed by atoms with Crippen LogP contribution in [-0.2, 0) is 0 Å². The zero-order valence-corrected chi connectivity index (χ0v) is 15.3. The Hall–Kier alpha value is -2.38. The zero-order valence-electron chi connectivity index (χ0n) is 15.3. The van der Waals surface area contributed by atoms with Gasteiger partial charge in [0.05, 0.1) is 12.3 Å². The van der Waals surface area contributed by atoms with E-state index in [0.29, 0.717) is 25.4 Å². The van der Waals surface area contributed by atoms with Crippen LogP contribution in [0.4, 0.5) is 14.5 Å². The lowest BCUT2D eigenvalue weighted by Crippen LogP contribution is -2.58. The van der Waals surface area contributed by atoms with E-state index < -0.39 is 17.3 Å². The van der Waals surface area contributed by atoms with Crippen LogP contribution in [0.15, 0.2) is 22.1 Å². The summed E-state index contributed by atoms with van der Waals surface area (Å²) in [5.41, 5.74) is 11.5. The highest BCUT2D eigenvalue weighted by atomic mass is 19.1. The SMILES string of the molecule is NC1=NC2(CCCCC2)N(c2cc(F)c(OCC3CCC3)c(F)c2)C(N)=N1. The van der Waals surface area contributed by atoms with E-state index >= 15 is 0 Å². The largest absolute Gasteiger partial charge is 0.487 e. The Bertz CT molecular complexity index is 761. The quantitative estimate of drug-likeness (QED) is 0.843. The van der Waals surface area contributed by atoms with E-state index in [4.69, 9.17) is 16.2 Å². The minimum absolute atomic E-state index is 0.103. The Kier molecular flexibility index (Phi) is 4.65. The molecule has 0 unspecified atom stereocenters. The molecule has 0 bridgehead atoms. The highest BCUT2D eigenvalue weighted by Crippen LogP contribution is 2.41. The summed E-state index contributed by atoms with van der Waals surface area (Å²) in [6.45, 7) is 0.339. The first-order valence-electron chi connectivity index (χ1n) is 9.60. The molecule has 0 saturated heterocycles. The molecule has 1 aromatic carbocycles. The number of guanidine groups is 2. The Balaban J connectivity index is 1.65. The number of hydrogen-bond acceptors (Lipinski definition) is 6. The van der Waals surface area contributed by atoms with E-state index in [-0.39, 0.29) is 23.4 Å². The lowest BCUT2D eigenvalue weighted by Gasteiger charge is -2.45. The van der Waals surface area contributed by atoms with Gasteiger partial charge in [0.15, 0.2) is 17.4 Å². The van der Waals surface area contributed by atoms with Gasteiger partial charge in [0.25, 0.3) is 0 Å². The Labute approximate surface area is 157 Å². The summed E-state index contributed by atoms with van der Waals surface area (Å²) >= 11 is 0. The molecule has 2 aliphatic carbocycles. The molecule has 3 aliphatic rings. The van der Waals surface area contributed by atoms with Crippen molar-refractivity contribution in [3.05, 3.63) is 23.8 Å². The molecule has 27 heavy (non-hydrogen) atoms. The van der Waals surface area contributed by atoms with Gasteiger partial charge in [-0.2, -0.15) is 4.99 Å². The fourth-order valence-corrected chi connectivity index (χ4v) is 4.17. The number of anilines is 1. The predicted molar refractivity (Wildman–Crippen MR) is 101 cm³/mol. The minimum Gasteiger partial charge on any atom is -0.487 e. The molecule has 146 valence electrons. The van der Waals surface area contributed by atoms with Crippen molar-refractivity contribution in [3.63, 3.8) is 0 Å². The van der Waals surface area contributed by atoms with Crippen LogP contribution in [0.3, 0.4) is 0 Å². The third-order valence-corrected chi connectivity index (χ3v) is 5.78. The predicted octanol–water partition coefficient (Wildman–Crippen LogP) is 3.25. The van der Waals surface area contributed by atoms with E-state index in [1.165, 1.54) is 12.1 Å². The van der Waals surface area contributed by atoms with Crippen LogP contribution >= 0.6 is 0 Å². The summed E-state index contributed by atoms with van der Waals surface area (Å²) in [7, 11) is 0. The third-order valence-electron chi connectivity index (χ3n) is 5.78. The van der Waals surface area contributed by atoms with Crippen molar-refractivity contribution in [2.45, 2.75) is 57.0 Å². The molecule has 1 heterocycles. The maximum atomic E-state index is 14.7. The molecule has 2 saturated carbocycles. The van der Waals surface area contributed by atoms with E-state index in [9.17, 15) is 8.78 Å². The first kappa shape index (κ1) is 18.0. The van der Waals surface area contributed by atoms with Crippen molar-refractivity contribution in [1.29, 1.82) is 0 Å². The maximum Gasteiger partial charge on any atom is 0.220 e. The maximum absolute atomic E-state index is 14.7. The van der Waals surface area contributed by atoms with Gasteiger partial charge >= 0.3 is 0 Å². The first-order chi connectivity index (χ1) is 13.0. The molecule has 1 aromatic rings. The Morgan fingerprint density at radius 3 is 2.33 bits per heavy atom. The molecular weight excluding hydrogens is 352 g/mol. The zero-order chi connectivity index (χ0) is 19.0. The van der Waals surface area contributed by atoms with Crippen molar-refractivity contribution in [2.75, 3.05) is 11.5 Å². The first-order valence-corrected chi connectivity index (χ1v) is 9.60. The average molecular weight is 377 g/mol.